The molecule has 3 aliphatic carbocycles. The first-order valence-corrected chi connectivity index (χ1v) is 12.7. The van der Waals surface area contributed by atoms with E-state index in [-0.39, 0.29) is 24.3 Å². The van der Waals surface area contributed by atoms with Gasteiger partial charge in [0.25, 0.3) is 0 Å². The fourth-order valence-electron chi connectivity index (χ4n) is 5.64. The maximum absolute atomic E-state index is 13.1. The van der Waals surface area contributed by atoms with Crippen molar-refractivity contribution in [2.45, 2.75) is 62.9 Å². The zero-order valence-electron chi connectivity index (χ0n) is 19.7. The molecule has 3 aliphatic rings. The Balaban J connectivity index is 1.22. The van der Waals surface area contributed by atoms with Crippen molar-refractivity contribution in [2.24, 2.45) is 11.8 Å². The number of hydrogen-bond donors (Lipinski definition) is 3. The molecule has 3 N–H and O–H groups in total. The van der Waals surface area contributed by atoms with Gasteiger partial charge in [0.1, 0.15) is 12.6 Å². The summed E-state index contributed by atoms with van der Waals surface area (Å²) in [5.74, 6) is -1.76. The van der Waals surface area contributed by atoms with Crippen molar-refractivity contribution in [1.29, 1.82) is 0 Å². The molecular formula is C28H32N2O5. The van der Waals surface area contributed by atoms with Gasteiger partial charge in [-0.1, -0.05) is 67.8 Å². The molecule has 0 heterocycles. The standard InChI is InChI=1S/C28H32N2O5/c31-26(29-24-13-3-1-2-12-22(24)27(32)33)25(17-14-15-17)30-28(34)35-16-23-20-10-6-4-8-18(20)19-9-5-7-11-21(19)23/h4-11,17,22-25H,1-3,12-16H2,(H,29,31)(H,30,34)(H,32,33)/t22-,24+,25?/m0/s1. The smallest absolute Gasteiger partial charge is 0.407 e. The molecule has 0 radical (unpaired) electrons. The summed E-state index contributed by atoms with van der Waals surface area (Å²) in [4.78, 5) is 37.6. The molecule has 0 saturated heterocycles. The van der Waals surface area contributed by atoms with Crippen molar-refractivity contribution in [2.75, 3.05) is 6.61 Å². The van der Waals surface area contributed by atoms with Crippen LogP contribution in [-0.2, 0) is 14.3 Å². The molecule has 3 atom stereocenters. The second kappa shape index (κ2) is 10.1. The van der Waals surface area contributed by atoms with Gasteiger partial charge in [-0.25, -0.2) is 4.79 Å². The molecule has 2 fully saturated rings. The van der Waals surface area contributed by atoms with Gasteiger partial charge in [-0.15, -0.1) is 0 Å². The fraction of sp³-hybridized carbons (Fsp3) is 0.464. The van der Waals surface area contributed by atoms with Crippen LogP contribution in [0.1, 0.15) is 62.0 Å². The number of carbonyl (C=O) groups excluding carboxylic acids is 2. The van der Waals surface area contributed by atoms with Crippen LogP contribution in [0.25, 0.3) is 11.1 Å². The lowest BCUT2D eigenvalue weighted by Gasteiger charge is -2.26. The second-order valence-electron chi connectivity index (χ2n) is 9.98. The third kappa shape index (κ3) is 5.04. The van der Waals surface area contributed by atoms with E-state index in [9.17, 15) is 19.5 Å². The van der Waals surface area contributed by atoms with Crippen molar-refractivity contribution >= 4 is 18.0 Å². The maximum atomic E-state index is 13.1. The quantitative estimate of drug-likeness (QED) is 0.512. The summed E-state index contributed by atoms with van der Waals surface area (Å²) < 4.78 is 5.64. The number of ether oxygens (including phenoxy) is 1. The summed E-state index contributed by atoms with van der Waals surface area (Å²) in [7, 11) is 0. The van der Waals surface area contributed by atoms with E-state index in [1.165, 1.54) is 0 Å². The molecular weight excluding hydrogens is 444 g/mol. The van der Waals surface area contributed by atoms with E-state index in [0.717, 1.165) is 54.4 Å². The van der Waals surface area contributed by atoms with Crippen molar-refractivity contribution in [3.8, 4) is 11.1 Å². The Morgan fingerprint density at radius 1 is 0.886 bits per heavy atom. The summed E-state index contributed by atoms with van der Waals surface area (Å²) in [6, 6.07) is 15.2. The van der Waals surface area contributed by atoms with Gasteiger partial charge in [0.2, 0.25) is 5.91 Å². The van der Waals surface area contributed by atoms with Gasteiger partial charge in [-0.3, -0.25) is 9.59 Å². The van der Waals surface area contributed by atoms with Crippen molar-refractivity contribution in [1.82, 2.24) is 10.6 Å². The minimum atomic E-state index is -0.871. The number of rotatable bonds is 7. The van der Waals surface area contributed by atoms with Gasteiger partial charge >= 0.3 is 12.1 Å². The fourth-order valence-corrected chi connectivity index (χ4v) is 5.64. The molecule has 7 nitrogen and oxygen atoms in total. The van der Waals surface area contributed by atoms with Crippen LogP contribution in [0.4, 0.5) is 4.79 Å². The second-order valence-corrected chi connectivity index (χ2v) is 9.98. The van der Waals surface area contributed by atoms with Crippen LogP contribution in [-0.4, -0.2) is 41.8 Å². The number of fused-ring (bicyclic) bond motifs is 3. The molecule has 2 aromatic carbocycles. The van der Waals surface area contributed by atoms with E-state index in [2.05, 4.69) is 34.9 Å². The predicted octanol–water partition coefficient (Wildman–Crippen LogP) is 4.45. The van der Waals surface area contributed by atoms with Crippen LogP contribution in [0.5, 0.6) is 0 Å². The number of alkyl carbamates (subject to hydrolysis) is 1. The zero-order chi connectivity index (χ0) is 24.4. The molecule has 2 saturated carbocycles. The van der Waals surface area contributed by atoms with Gasteiger partial charge in [-0.2, -0.15) is 0 Å². The lowest BCUT2D eigenvalue weighted by Crippen LogP contribution is -2.53. The molecule has 35 heavy (non-hydrogen) atoms. The largest absolute Gasteiger partial charge is 0.481 e. The molecule has 0 aromatic heterocycles. The number of nitrogens with one attached hydrogen (secondary N) is 2. The number of aliphatic carboxylic acids is 1. The number of carboxylic acid groups (broad SMARTS) is 1. The molecule has 7 heteroatoms. The molecule has 0 spiro atoms. The summed E-state index contributed by atoms with van der Waals surface area (Å²) in [6.07, 6.45) is 5.02. The van der Waals surface area contributed by atoms with Gasteiger partial charge < -0.3 is 20.5 Å². The Hall–Kier alpha value is -3.35. The minimum Gasteiger partial charge on any atom is -0.481 e. The molecule has 2 aromatic rings. The van der Waals surface area contributed by atoms with Crippen molar-refractivity contribution in [3.05, 3.63) is 59.7 Å². The average molecular weight is 477 g/mol. The first-order chi connectivity index (χ1) is 17.0. The molecule has 0 bridgehead atoms. The Labute approximate surface area is 205 Å². The van der Waals surface area contributed by atoms with E-state index < -0.39 is 30.1 Å². The van der Waals surface area contributed by atoms with E-state index >= 15 is 0 Å². The van der Waals surface area contributed by atoms with Crippen molar-refractivity contribution < 1.29 is 24.2 Å². The van der Waals surface area contributed by atoms with E-state index in [1.54, 1.807) is 0 Å². The third-order valence-corrected chi connectivity index (χ3v) is 7.65. The topological polar surface area (TPSA) is 105 Å². The Bertz CT molecular complexity index is 1070. The highest BCUT2D eigenvalue weighted by molar-refractivity contribution is 5.87. The van der Waals surface area contributed by atoms with Gasteiger partial charge in [0, 0.05) is 12.0 Å². The summed E-state index contributed by atoms with van der Waals surface area (Å²) in [6.45, 7) is 0.183. The molecule has 0 aliphatic heterocycles. The average Bonchev–Trinajstić information content (AvgIpc) is 3.67. The lowest BCUT2D eigenvalue weighted by atomic mass is 9.94. The van der Waals surface area contributed by atoms with E-state index in [0.29, 0.717) is 12.8 Å². The van der Waals surface area contributed by atoms with Crippen LogP contribution < -0.4 is 10.6 Å². The zero-order valence-corrected chi connectivity index (χ0v) is 19.7. The van der Waals surface area contributed by atoms with Crippen LogP contribution in [0.2, 0.25) is 0 Å². The molecule has 5 rings (SSSR count). The normalized spacial score (nSPS) is 22.3. The third-order valence-electron chi connectivity index (χ3n) is 7.65. The SMILES string of the molecule is O=C(NC(C(=O)N[C@@H]1CCCCC[C@@H]1C(=O)O)C1CC1)OCC1c2ccccc2-c2ccccc21. The summed E-state index contributed by atoms with van der Waals surface area (Å²) in [5, 5.41) is 15.4. The highest BCUT2D eigenvalue weighted by Crippen LogP contribution is 2.44. The van der Waals surface area contributed by atoms with Gasteiger partial charge in [0.15, 0.2) is 0 Å². The van der Waals surface area contributed by atoms with Crippen LogP contribution >= 0.6 is 0 Å². The Kier molecular flexibility index (Phi) is 6.75. The highest BCUT2D eigenvalue weighted by atomic mass is 16.5. The Morgan fingerprint density at radius 3 is 2.14 bits per heavy atom. The summed E-state index contributed by atoms with van der Waals surface area (Å²) in [5.41, 5.74) is 4.57. The maximum Gasteiger partial charge on any atom is 0.407 e. The van der Waals surface area contributed by atoms with Gasteiger partial charge in [0.05, 0.1) is 5.92 Å². The molecule has 1 unspecified atom stereocenters. The number of hydrogen-bond acceptors (Lipinski definition) is 4. The monoisotopic (exact) mass is 476 g/mol. The van der Waals surface area contributed by atoms with E-state index in [1.807, 2.05) is 24.3 Å². The first kappa shape index (κ1) is 23.4. The number of benzene rings is 2. The molecule has 2 amide bonds. The lowest BCUT2D eigenvalue weighted by molar-refractivity contribution is -0.143. The van der Waals surface area contributed by atoms with E-state index in [4.69, 9.17) is 4.74 Å². The number of amides is 2. The minimum absolute atomic E-state index is 0.0522. The predicted molar refractivity (Wildman–Crippen MR) is 131 cm³/mol. The molecule has 184 valence electrons. The van der Waals surface area contributed by atoms with Gasteiger partial charge in [-0.05, 0) is 53.9 Å². The number of carbonyl (C=O) groups is 3. The van der Waals surface area contributed by atoms with Crippen LogP contribution in [0.3, 0.4) is 0 Å². The first-order valence-electron chi connectivity index (χ1n) is 12.7. The van der Waals surface area contributed by atoms with Crippen LogP contribution in [0.15, 0.2) is 48.5 Å². The summed E-state index contributed by atoms with van der Waals surface area (Å²) >= 11 is 0. The van der Waals surface area contributed by atoms with Crippen molar-refractivity contribution in [3.63, 3.8) is 0 Å². The number of carboxylic acids is 1. The Morgan fingerprint density at radius 2 is 1.51 bits per heavy atom. The van der Waals surface area contributed by atoms with Crippen LogP contribution in [0, 0.1) is 11.8 Å². The highest BCUT2D eigenvalue weighted by Gasteiger charge is 2.40.